The lowest BCUT2D eigenvalue weighted by atomic mass is 10.2. The largest absolute Gasteiger partial charge is 0.478 e. The van der Waals surface area contributed by atoms with Gasteiger partial charge in [-0.25, -0.2) is 9.18 Å². The molecule has 0 aliphatic carbocycles. The number of carbonyl (C=O) groups is 1. The van der Waals surface area contributed by atoms with Gasteiger partial charge in [-0.15, -0.1) is 0 Å². The van der Waals surface area contributed by atoms with Gasteiger partial charge in [-0.1, -0.05) is 0 Å². The van der Waals surface area contributed by atoms with Crippen LogP contribution in [-0.2, 0) is 10.1 Å². The van der Waals surface area contributed by atoms with E-state index in [-0.39, 0.29) is 0 Å². The van der Waals surface area contributed by atoms with Crippen LogP contribution in [0, 0.1) is 5.82 Å². The zero-order chi connectivity index (χ0) is 10.9. The summed E-state index contributed by atoms with van der Waals surface area (Å²) in [6.07, 6.45) is 0. The Morgan fingerprint density at radius 1 is 1.36 bits per heavy atom. The van der Waals surface area contributed by atoms with E-state index < -0.39 is 32.4 Å². The van der Waals surface area contributed by atoms with E-state index >= 15 is 0 Å². The second-order valence-electron chi connectivity index (χ2n) is 2.42. The van der Waals surface area contributed by atoms with Crippen LogP contribution < -0.4 is 0 Å². The smallest absolute Gasteiger partial charge is 0.338 e. The predicted molar refractivity (Wildman–Crippen MR) is 43.2 cm³/mol. The van der Waals surface area contributed by atoms with Gasteiger partial charge in [0.05, 0.1) is 10.5 Å². The highest BCUT2D eigenvalue weighted by molar-refractivity contribution is 7.85. The first-order valence-electron chi connectivity index (χ1n) is 3.32. The van der Waals surface area contributed by atoms with Crippen molar-refractivity contribution < 1.29 is 27.3 Å². The van der Waals surface area contributed by atoms with Gasteiger partial charge in [0, 0.05) is 0 Å². The monoisotopic (exact) mass is 220 g/mol. The SMILES string of the molecule is O=C(O)c1cc(S(=O)(=O)O)ccc1F. The van der Waals surface area contributed by atoms with Crippen molar-refractivity contribution in [3.05, 3.63) is 29.6 Å². The summed E-state index contributed by atoms with van der Waals surface area (Å²) >= 11 is 0. The molecule has 7 heteroatoms. The maximum absolute atomic E-state index is 12.8. The third kappa shape index (κ3) is 2.06. The molecule has 0 aliphatic rings. The van der Waals surface area contributed by atoms with E-state index in [1.165, 1.54) is 0 Å². The van der Waals surface area contributed by atoms with Crippen LogP contribution in [0.1, 0.15) is 10.4 Å². The lowest BCUT2D eigenvalue weighted by molar-refractivity contribution is 0.0691. The van der Waals surface area contributed by atoms with Crippen molar-refractivity contribution in [3.63, 3.8) is 0 Å². The molecule has 0 saturated carbocycles. The average Bonchev–Trinajstić information content (AvgIpc) is 2.02. The Labute approximate surface area is 78.5 Å². The fraction of sp³-hybridized carbons (Fsp3) is 0. The molecule has 0 heterocycles. The third-order valence-corrected chi connectivity index (χ3v) is 2.32. The number of benzene rings is 1. The van der Waals surface area contributed by atoms with E-state index in [0.29, 0.717) is 12.1 Å². The molecule has 0 fully saturated rings. The molecule has 0 amide bonds. The molecule has 0 aliphatic heterocycles. The van der Waals surface area contributed by atoms with Gasteiger partial charge in [-0.2, -0.15) is 8.42 Å². The first-order valence-corrected chi connectivity index (χ1v) is 4.76. The minimum absolute atomic E-state index is 0.549. The summed E-state index contributed by atoms with van der Waals surface area (Å²) in [6, 6.07) is 1.98. The molecule has 1 aromatic rings. The van der Waals surface area contributed by atoms with Crippen LogP contribution in [0.4, 0.5) is 4.39 Å². The number of rotatable bonds is 2. The van der Waals surface area contributed by atoms with E-state index in [1.54, 1.807) is 0 Å². The van der Waals surface area contributed by atoms with Crippen molar-refractivity contribution in [2.24, 2.45) is 0 Å². The summed E-state index contributed by atoms with van der Waals surface area (Å²) in [5, 5.41) is 8.44. The Morgan fingerprint density at radius 2 is 1.93 bits per heavy atom. The van der Waals surface area contributed by atoms with Crippen molar-refractivity contribution in [3.8, 4) is 0 Å². The molecule has 0 unspecified atom stereocenters. The Bertz CT molecular complexity index is 479. The van der Waals surface area contributed by atoms with Crippen molar-refractivity contribution in [1.82, 2.24) is 0 Å². The minimum Gasteiger partial charge on any atom is -0.478 e. The number of hydrogen-bond acceptors (Lipinski definition) is 3. The lowest BCUT2D eigenvalue weighted by Crippen LogP contribution is -2.05. The topological polar surface area (TPSA) is 91.7 Å². The Balaban J connectivity index is 3.42. The number of carboxylic acids is 1. The summed E-state index contributed by atoms with van der Waals surface area (Å²) in [4.78, 5) is 9.73. The van der Waals surface area contributed by atoms with Gasteiger partial charge in [0.25, 0.3) is 10.1 Å². The number of hydrogen-bond donors (Lipinski definition) is 2. The van der Waals surface area contributed by atoms with E-state index in [1.807, 2.05) is 0 Å². The fourth-order valence-electron chi connectivity index (χ4n) is 0.829. The van der Waals surface area contributed by atoms with Gasteiger partial charge in [0.1, 0.15) is 5.82 Å². The van der Waals surface area contributed by atoms with Crippen LogP contribution in [-0.4, -0.2) is 24.0 Å². The van der Waals surface area contributed by atoms with Crippen LogP contribution in [0.15, 0.2) is 23.1 Å². The molecule has 0 aromatic heterocycles. The zero-order valence-corrected chi connectivity index (χ0v) is 7.45. The Morgan fingerprint density at radius 3 is 2.36 bits per heavy atom. The normalized spacial score (nSPS) is 11.3. The molecule has 76 valence electrons. The molecule has 5 nitrogen and oxygen atoms in total. The summed E-state index contributed by atoms with van der Waals surface area (Å²) < 4.78 is 42.4. The van der Waals surface area contributed by atoms with Gasteiger partial charge in [0.15, 0.2) is 0 Å². The Hall–Kier alpha value is -1.47. The molecule has 0 atom stereocenters. The molecule has 0 saturated heterocycles. The van der Waals surface area contributed by atoms with Crippen LogP contribution in [0.3, 0.4) is 0 Å². The number of halogens is 1. The van der Waals surface area contributed by atoms with E-state index in [0.717, 1.165) is 6.07 Å². The van der Waals surface area contributed by atoms with Crippen molar-refractivity contribution in [1.29, 1.82) is 0 Å². The molecule has 1 rings (SSSR count). The maximum atomic E-state index is 12.8. The molecule has 0 bridgehead atoms. The molecule has 2 N–H and O–H groups in total. The predicted octanol–water partition coefficient (Wildman–Crippen LogP) is 0.771. The number of aromatic carboxylic acids is 1. The third-order valence-electron chi connectivity index (χ3n) is 1.47. The van der Waals surface area contributed by atoms with Gasteiger partial charge in [-0.05, 0) is 18.2 Å². The quantitative estimate of drug-likeness (QED) is 0.718. The highest BCUT2D eigenvalue weighted by Gasteiger charge is 2.16. The van der Waals surface area contributed by atoms with Crippen LogP contribution >= 0.6 is 0 Å². The summed E-state index contributed by atoms with van der Waals surface area (Å²) in [6.45, 7) is 0. The molecule has 0 radical (unpaired) electrons. The molecule has 1 aromatic carbocycles. The second-order valence-corrected chi connectivity index (χ2v) is 3.84. The number of carboxylic acid groups (broad SMARTS) is 1. The fourth-order valence-corrected chi connectivity index (χ4v) is 1.34. The van der Waals surface area contributed by atoms with Gasteiger partial charge in [-0.3, -0.25) is 4.55 Å². The summed E-state index contributed by atoms with van der Waals surface area (Å²) in [7, 11) is -4.51. The lowest BCUT2D eigenvalue weighted by Gasteiger charge is -1.99. The van der Waals surface area contributed by atoms with Crippen LogP contribution in [0.5, 0.6) is 0 Å². The first kappa shape index (κ1) is 10.6. The maximum Gasteiger partial charge on any atom is 0.338 e. The van der Waals surface area contributed by atoms with Crippen LogP contribution in [0.2, 0.25) is 0 Å². The zero-order valence-electron chi connectivity index (χ0n) is 6.64. The molecule has 0 spiro atoms. The van der Waals surface area contributed by atoms with Crippen molar-refractivity contribution >= 4 is 16.1 Å². The van der Waals surface area contributed by atoms with E-state index in [2.05, 4.69) is 0 Å². The second kappa shape index (κ2) is 3.35. The Kier molecular flexibility index (Phi) is 2.54. The van der Waals surface area contributed by atoms with E-state index in [9.17, 15) is 17.6 Å². The van der Waals surface area contributed by atoms with E-state index in [4.69, 9.17) is 9.66 Å². The standard InChI is InChI=1S/C7H5FO5S/c8-6-2-1-4(14(11,12)13)3-5(6)7(9)10/h1-3H,(H,9,10)(H,11,12,13). The van der Waals surface area contributed by atoms with Gasteiger partial charge < -0.3 is 5.11 Å². The minimum atomic E-state index is -4.51. The first-order chi connectivity index (χ1) is 6.32. The van der Waals surface area contributed by atoms with Crippen molar-refractivity contribution in [2.75, 3.05) is 0 Å². The summed E-state index contributed by atoms with van der Waals surface area (Å²) in [5.41, 5.74) is -0.805. The highest BCUT2D eigenvalue weighted by Crippen LogP contribution is 2.14. The summed E-state index contributed by atoms with van der Waals surface area (Å²) in [5.74, 6) is -2.67. The van der Waals surface area contributed by atoms with Crippen molar-refractivity contribution in [2.45, 2.75) is 4.90 Å². The molecular formula is C7H5FO5S. The highest BCUT2D eigenvalue weighted by atomic mass is 32.2. The van der Waals surface area contributed by atoms with Gasteiger partial charge in [0.2, 0.25) is 0 Å². The molecule has 14 heavy (non-hydrogen) atoms. The van der Waals surface area contributed by atoms with Gasteiger partial charge >= 0.3 is 5.97 Å². The molecular weight excluding hydrogens is 215 g/mol. The average molecular weight is 220 g/mol. The van der Waals surface area contributed by atoms with Crippen LogP contribution in [0.25, 0.3) is 0 Å².